The fraction of sp³-hybridized carbons (Fsp3) is 0.471. The van der Waals surface area contributed by atoms with Crippen LogP contribution in [0.25, 0.3) is 11.3 Å². The number of nitrogens with zero attached hydrogens (tertiary/aromatic N) is 3. The second kappa shape index (κ2) is 7.63. The molecule has 1 radical (unpaired) electrons. The monoisotopic (exact) mass is 362 g/mol. The summed E-state index contributed by atoms with van der Waals surface area (Å²) in [5, 5.41) is 0.329. The first-order chi connectivity index (χ1) is 11.2. The number of rotatable bonds is 5. The first kappa shape index (κ1) is 18.9. The molecule has 0 fully saturated rings. The fourth-order valence-corrected chi connectivity index (χ4v) is 3.62. The maximum absolute atomic E-state index is 11.4. The summed E-state index contributed by atoms with van der Waals surface area (Å²) in [6.07, 6.45) is 4.83. The van der Waals surface area contributed by atoms with E-state index in [0.29, 0.717) is 5.16 Å². The minimum atomic E-state index is -1.18. The third kappa shape index (κ3) is 4.78. The first-order valence-electron chi connectivity index (χ1n) is 7.78. The van der Waals surface area contributed by atoms with Gasteiger partial charge in [-0.1, -0.05) is 26.8 Å². The van der Waals surface area contributed by atoms with Gasteiger partial charge < -0.3 is 4.43 Å². The number of hydrogen-bond acceptors (Lipinski definition) is 5. The van der Waals surface area contributed by atoms with Crippen LogP contribution in [0.1, 0.15) is 32.6 Å². The molecule has 0 saturated carbocycles. The molecule has 2 atom stereocenters. The fourth-order valence-electron chi connectivity index (χ4n) is 2.27. The molecule has 0 aliphatic carbocycles. The minimum absolute atomic E-state index is 0.0486. The molecule has 0 aliphatic heterocycles. The second-order valence-electron chi connectivity index (χ2n) is 6.93. The van der Waals surface area contributed by atoms with Crippen molar-refractivity contribution < 1.29 is 8.63 Å². The Morgan fingerprint density at radius 3 is 2.29 bits per heavy atom. The van der Waals surface area contributed by atoms with E-state index in [1.165, 1.54) is 0 Å². The average molecular weight is 363 g/mol. The van der Waals surface area contributed by atoms with Crippen molar-refractivity contribution in [3.05, 3.63) is 36.3 Å². The maximum atomic E-state index is 11.4. The molecule has 0 aromatic carbocycles. The van der Waals surface area contributed by atoms with Crippen LogP contribution in [-0.2, 0) is 15.2 Å². The SMILES string of the molecule is C[Si](C)OC(c1cccc(-c2cnc(S(C)=O)nc2)n1)C(C)(C)C. The Balaban J connectivity index is 2.38. The van der Waals surface area contributed by atoms with Crippen molar-refractivity contribution in [2.24, 2.45) is 5.41 Å². The molecule has 2 aromatic rings. The molecule has 2 rings (SSSR count). The first-order valence-corrected chi connectivity index (χ1v) is 11.7. The lowest BCUT2D eigenvalue weighted by atomic mass is 9.87. The molecule has 0 amide bonds. The van der Waals surface area contributed by atoms with Crippen molar-refractivity contribution in [2.75, 3.05) is 6.26 Å². The number of aromatic nitrogens is 3. The number of hydrogen-bond donors (Lipinski definition) is 0. The summed E-state index contributed by atoms with van der Waals surface area (Å²) in [5.41, 5.74) is 2.46. The van der Waals surface area contributed by atoms with Crippen molar-refractivity contribution in [2.45, 2.75) is 45.1 Å². The van der Waals surface area contributed by atoms with Gasteiger partial charge in [-0.05, 0) is 30.6 Å². The molecule has 129 valence electrons. The topological polar surface area (TPSA) is 65.0 Å². The van der Waals surface area contributed by atoms with Crippen LogP contribution in [0.5, 0.6) is 0 Å². The van der Waals surface area contributed by atoms with Crippen LogP contribution in [0.2, 0.25) is 13.1 Å². The lowest BCUT2D eigenvalue weighted by Gasteiger charge is -2.32. The lowest BCUT2D eigenvalue weighted by molar-refractivity contribution is 0.0828. The highest BCUT2D eigenvalue weighted by atomic mass is 32.2. The van der Waals surface area contributed by atoms with Gasteiger partial charge in [0.05, 0.1) is 28.3 Å². The molecule has 5 nitrogen and oxygen atoms in total. The Kier molecular flexibility index (Phi) is 6.00. The summed E-state index contributed by atoms with van der Waals surface area (Å²) in [6.45, 7) is 10.7. The molecule has 0 bridgehead atoms. The molecular weight excluding hydrogens is 338 g/mol. The summed E-state index contributed by atoms with van der Waals surface area (Å²) in [4.78, 5) is 13.1. The van der Waals surface area contributed by atoms with E-state index in [9.17, 15) is 4.21 Å². The van der Waals surface area contributed by atoms with Gasteiger partial charge >= 0.3 is 0 Å². The predicted molar refractivity (Wildman–Crippen MR) is 98.4 cm³/mol. The van der Waals surface area contributed by atoms with Crippen LogP contribution < -0.4 is 0 Å². The van der Waals surface area contributed by atoms with Gasteiger partial charge in [-0.15, -0.1) is 0 Å². The van der Waals surface area contributed by atoms with Crippen LogP contribution in [0.15, 0.2) is 35.7 Å². The number of pyridine rings is 1. The quantitative estimate of drug-likeness (QED) is 0.600. The summed E-state index contributed by atoms with van der Waals surface area (Å²) in [6, 6.07) is 5.90. The van der Waals surface area contributed by atoms with E-state index in [1.807, 2.05) is 18.2 Å². The van der Waals surface area contributed by atoms with E-state index in [1.54, 1.807) is 18.6 Å². The Labute approximate surface area is 148 Å². The minimum Gasteiger partial charge on any atom is -0.408 e. The van der Waals surface area contributed by atoms with Gasteiger partial charge in [0, 0.05) is 24.2 Å². The molecule has 0 saturated heterocycles. The van der Waals surface area contributed by atoms with E-state index in [4.69, 9.17) is 9.41 Å². The van der Waals surface area contributed by atoms with Gasteiger partial charge in [-0.25, -0.2) is 15.0 Å². The van der Waals surface area contributed by atoms with Crippen LogP contribution in [0.4, 0.5) is 0 Å². The highest BCUT2D eigenvalue weighted by Gasteiger charge is 2.29. The zero-order valence-electron chi connectivity index (χ0n) is 15.0. The van der Waals surface area contributed by atoms with Crippen LogP contribution >= 0.6 is 0 Å². The summed E-state index contributed by atoms with van der Waals surface area (Å²) in [5.74, 6) is 0. The van der Waals surface area contributed by atoms with E-state index < -0.39 is 19.8 Å². The van der Waals surface area contributed by atoms with Crippen molar-refractivity contribution in [1.82, 2.24) is 15.0 Å². The Morgan fingerprint density at radius 1 is 1.17 bits per heavy atom. The molecular formula is C17H24N3O2SSi. The zero-order valence-corrected chi connectivity index (χ0v) is 16.8. The lowest BCUT2D eigenvalue weighted by Crippen LogP contribution is -2.26. The third-order valence-electron chi connectivity index (χ3n) is 3.36. The van der Waals surface area contributed by atoms with Gasteiger partial charge in [0.1, 0.15) is 0 Å². The molecule has 24 heavy (non-hydrogen) atoms. The Morgan fingerprint density at radius 2 is 1.79 bits per heavy atom. The van der Waals surface area contributed by atoms with Gasteiger partial charge in [0.15, 0.2) is 0 Å². The van der Waals surface area contributed by atoms with Crippen molar-refractivity contribution in [1.29, 1.82) is 0 Å². The van der Waals surface area contributed by atoms with Crippen LogP contribution in [0, 0.1) is 5.41 Å². The smallest absolute Gasteiger partial charge is 0.218 e. The summed E-state index contributed by atoms with van der Waals surface area (Å²) >= 11 is 0. The van der Waals surface area contributed by atoms with Crippen molar-refractivity contribution in [3.63, 3.8) is 0 Å². The highest BCUT2D eigenvalue weighted by molar-refractivity contribution is 7.84. The highest BCUT2D eigenvalue weighted by Crippen LogP contribution is 2.36. The molecule has 2 heterocycles. The second-order valence-corrected chi connectivity index (χ2v) is 10.3. The molecule has 7 heteroatoms. The predicted octanol–water partition coefficient (Wildman–Crippen LogP) is 3.63. The van der Waals surface area contributed by atoms with E-state index in [-0.39, 0.29) is 11.5 Å². The standard InChI is InChI=1S/C17H24N3O2SSi/c1-17(2,3)15(22-24(5)6)14-9-7-8-13(20-14)12-10-18-16(19-11-12)23(4)21/h7-11,15H,1-6H3. The molecule has 0 spiro atoms. The van der Waals surface area contributed by atoms with Gasteiger partial charge in [-0.3, -0.25) is 4.21 Å². The Bertz CT molecular complexity index is 715. The third-order valence-corrected chi connectivity index (χ3v) is 4.79. The summed E-state index contributed by atoms with van der Waals surface area (Å²) in [7, 11) is -2.04. The van der Waals surface area contributed by atoms with Crippen molar-refractivity contribution in [3.8, 4) is 11.3 Å². The summed E-state index contributed by atoms with van der Waals surface area (Å²) < 4.78 is 17.6. The van der Waals surface area contributed by atoms with E-state index >= 15 is 0 Å². The van der Waals surface area contributed by atoms with Crippen LogP contribution in [0.3, 0.4) is 0 Å². The maximum Gasteiger partial charge on any atom is 0.218 e. The molecule has 2 unspecified atom stereocenters. The van der Waals surface area contributed by atoms with Gasteiger partial charge in [0.25, 0.3) is 0 Å². The molecule has 0 N–H and O–H groups in total. The van der Waals surface area contributed by atoms with Gasteiger partial charge in [-0.2, -0.15) is 0 Å². The average Bonchev–Trinajstić information content (AvgIpc) is 2.51. The van der Waals surface area contributed by atoms with Crippen molar-refractivity contribution >= 4 is 19.8 Å². The van der Waals surface area contributed by atoms with Gasteiger partial charge in [0.2, 0.25) is 14.2 Å². The zero-order chi connectivity index (χ0) is 17.9. The van der Waals surface area contributed by atoms with E-state index in [2.05, 4.69) is 43.8 Å². The molecule has 0 aliphatic rings. The van der Waals surface area contributed by atoms with Crippen LogP contribution in [-0.4, -0.2) is 34.5 Å². The Hall–Kier alpha value is -1.44. The largest absolute Gasteiger partial charge is 0.408 e. The van der Waals surface area contributed by atoms with E-state index in [0.717, 1.165) is 17.0 Å². The molecule has 2 aromatic heterocycles. The normalized spacial score (nSPS) is 14.6.